The molecule has 38 heavy (non-hydrogen) atoms. The number of imidazole rings is 1. The average Bonchev–Trinajstić information content (AvgIpc) is 3.59. The highest BCUT2D eigenvalue weighted by Crippen LogP contribution is 2.31. The monoisotopic (exact) mass is 524 g/mol. The maximum absolute atomic E-state index is 12.1. The second-order valence-electron chi connectivity index (χ2n) is 8.73. The highest BCUT2D eigenvalue weighted by Gasteiger charge is 2.18. The second kappa shape index (κ2) is 11.7. The zero-order valence-electron chi connectivity index (χ0n) is 21.9. The molecule has 0 bridgehead atoms. The fourth-order valence-electron chi connectivity index (χ4n) is 4.17. The summed E-state index contributed by atoms with van der Waals surface area (Å²) in [5, 5.41) is 14.4. The lowest BCUT2D eigenvalue weighted by Gasteiger charge is -2.13. The maximum Gasteiger partial charge on any atom is 0.407 e. The molecule has 0 aliphatic carbocycles. The van der Waals surface area contributed by atoms with Gasteiger partial charge in [-0.2, -0.15) is 5.10 Å². The number of ether oxygens (including phenoxy) is 2. The molecular formula is C25H32N8O5. The van der Waals surface area contributed by atoms with Crippen LogP contribution >= 0.6 is 0 Å². The number of hydrogen-bond donors (Lipinski definition) is 3. The zero-order valence-corrected chi connectivity index (χ0v) is 21.9. The number of benzene rings is 1. The second-order valence-corrected chi connectivity index (χ2v) is 8.73. The summed E-state index contributed by atoms with van der Waals surface area (Å²) in [5.74, 6) is 1.14. The van der Waals surface area contributed by atoms with Crippen molar-refractivity contribution in [2.45, 2.75) is 53.4 Å². The van der Waals surface area contributed by atoms with Gasteiger partial charge in [0.2, 0.25) is 11.9 Å². The van der Waals surface area contributed by atoms with E-state index in [-0.39, 0.29) is 6.61 Å². The molecule has 0 atom stereocenters. The van der Waals surface area contributed by atoms with Crippen LogP contribution in [0.25, 0.3) is 11.0 Å². The number of aryl methyl sites for hydroxylation is 4. The van der Waals surface area contributed by atoms with Crippen molar-refractivity contribution in [2.24, 2.45) is 5.73 Å². The lowest BCUT2D eigenvalue weighted by Crippen LogP contribution is -2.26. The van der Waals surface area contributed by atoms with E-state index in [0.29, 0.717) is 65.8 Å². The summed E-state index contributed by atoms with van der Waals surface area (Å²) in [7, 11) is 1.53. The zero-order chi connectivity index (χ0) is 27.2. The number of aromatic nitrogens is 5. The number of nitrogens with two attached hydrogens (primary N) is 1. The van der Waals surface area contributed by atoms with Crippen LogP contribution in [0.3, 0.4) is 0 Å². The maximum atomic E-state index is 12.1. The summed E-state index contributed by atoms with van der Waals surface area (Å²) in [6.07, 6.45) is 0.0248. The Bertz CT molecular complexity index is 1440. The number of carbonyl (C=O) groups excluding carboxylic acids is 2. The lowest BCUT2D eigenvalue weighted by molar-refractivity contribution is 0.1000. The molecule has 0 radical (unpaired) electrons. The van der Waals surface area contributed by atoms with Crippen molar-refractivity contribution in [2.75, 3.05) is 19.0 Å². The Hall–Kier alpha value is -4.55. The van der Waals surface area contributed by atoms with E-state index in [1.54, 1.807) is 25.1 Å². The van der Waals surface area contributed by atoms with Crippen molar-refractivity contribution in [3.63, 3.8) is 0 Å². The minimum absolute atomic E-state index is 0.0244. The molecule has 202 valence electrons. The smallest absolute Gasteiger partial charge is 0.407 e. The molecule has 0 saturated heterocycles. The molecule has 3 aromatic heterocycles. The topological polar surface area (TPSA) is 164 Å². The van der Waals surface area contributed by atoms with Gasteiger partial charge in [-0.15, -0.1) is 0 Å². The number of nitrogens with zero attached hydrogens (tertiary/aromatic N) is 5. The Morgan fingerprint density at radius 2 is 2.00 bits per heavy atom. The van der Waals surface area contributed by atoms with Crippen LogP contribution in [0.4, 0.5) is 10.7 Å². The van der Waals surface area contributed by atoms with Crippen LogP contribution in [0.5, 0.6) is 5.75 Å². The molecule has 1 aromatic carbocycles. The van der Waals surface area contributed by atoms with Gasteiger partial charge in [-0.25, -0.2) is 9.78 Å². The highest BCUT2D eigenvalue weighted by atomic mass is 16.6. The molecule has 0 aliphatic rings. The van der Waals surface area contributed by atoms with Crippen LogP contribution in [0.2, 0.25) is 0 Å². The molecular weight excluding hydrogens is 492 g/mol. The first kappa shape index (κ1) is 26.5. The van der Waals surface area contributed by atoms with Crippen LogP contribution in [-0.2, 0) is 31.0 Å². The molecule has 0 fully saturated rings. The number of alkyl carbamates (subject to hydrolysis) is 1. The molecule has 3 heterocycles. The number of anilines is 1. The van der Waals surface area contributed by atoms with Gasteiger partial charge >= 0.3 is 6.09 Å². The number of carbonyl (C=O) groups is 2. The van der Waals surface area contributed by atoms with E-state index in [4.69, 9.17) is 24.7 Å². The molecule has 13 nitrogen and oxygen atoms in total. The van der Waals surface area contributed by atoms with Gasteiger partial charge in [0.25, 0.3) is 0 Å². The van der Waals surface area contributed by atoms with Gasteiger partial charge in [0.1, 0.15) is 29.3 Å². The Kier molecular flexibility index (Phi) is 8.14. The van der Waals surface area contributed by atoms with Crippen LogP contribution in [0, 0.1) is 13.8 Å². The van der Waals surface area contributed by atoms with Gasteiger partial charge in [0.05, 0.1) is 30.6 Å². The van der Waals surface area contributed by atoms with Crippen molar-refractivity contribution in [1.82, 2.24) is 29.8 Å². The van der Waals surface area contributed by atoms with E-state index in [9.17, 15) is 9.59 Å². The molecule has 0 unspecified atom stereocenters. The van der Waals surface area contributed by atoms with Crippen LogP contribution in [0.1, 0.15) is 46.5 Å². The number of primary amides is 1. The minimum Gasteiger partial charge on any atom is -0.494 e. The average molecular weight is 525 g/mol. The third kappa shape index (κ3) is 6.05. The molecule has 0 spiro atoms. The fraction of sp³-hybridized carbons (Fsp3) is 0.400. The highest BCUT2D eigenvalue weighted by molar-refractivity contribution is 5.98. The van der Waals surface area contributed by atoms with Crippen molar-refractivity contribution in [1.29, 1.82) is 0 Å². The minimum atomic E-state index is -0.569. The van der Waals surface area contributed by atoms with E-state index >= 15 is 0 Å². The van der Waals surface area contributed by atoms with Crippen molar-refractivity contribution >= 4 is 29.0 Å². The molecule has 4 aromatic rings. The Labute approximate surface area is 219 Å². The summed E-state index contributed by atoms with van der Waals surface area (Å²) in [4.78, 5) is 28.7. The SMILES string of the molecule is CCn1nc(C)cc1CNc1nc2cc(C(N)=O)cc(OC)c2n1CCCNC(=O)OCc1cc(C)on1. The number of rotatable bonds is 12. The number of methoxy groups -OCH3 is 1. The van der Waals surface area contributed by atoms with Crippen LogP contribution in [-0.4, -0.2) is 50.1 Å². The van der Waals surface area contributed by atoms with E-state index < -0.39 is 12.0 Å². The van der Waals surface area contributed by atoms with Gasteiger partial charge in [0.15, 0.2) is 0 Å². The molecule has 0 aliphatic heterocycles. The van der Waals surface area contributed by atoms with E-state index in [0.717, 1.165) is 17.9 Å². The predicted octanol–water partition coefficient (Wildman–Crippen LogP) is 2.89. The lowest BCUT2D eigenvalue weighted by atomic mass is 10.1. The summed E-state index contributed by atoms with van der Waals surface area (Å²) in [6.45, 7) is 7.88. The van der Waals surface area contributed by atoms with E-state index in [1.807, 2.05) is 29.2 Å². The molecule has 13 heteroatoms. The Balaban J connectivity index is 1.49. The quantitative estimate of drug-likeness (QED) is 0.236. The van der Waals surface area contributed by atoms with Gasteiger partial charge in [0, 0.05) is 31.3 Å². The normalized spacial score (nSPS) is 11.1. The largest absolute Gasteiger partial charge is 0.494 e. The summed E-state index contributed by atoms with van der Waals surface area (Å²) in [6, 6.07) is 6.97. The predicted molar refractivity (Wildman–Crippen MR) is 139 cm³/mol. The van der Waals surface area contributed by atoms with Crippen molar-refractivity contribution in [3.05, 3.63) is 52.7 Å². The number of amides is 2. The van der Waals surface area contributed by atoms with Gasteiger partial charge in [-0.05, 0) is 45.4 Å². The van der Waals surface area contributed by atoms with E-state index in [2.05, 4.69) is 20.9 Å². The number of hydrogen-bond acceptors (Lipinski definition) is 9. The van der Waals surface area contributed by atoms with Gasteiger partial charge in [-0.1, -0.05) is 5.16 Å². The van der Waals surface area contributed by atoms with Crippen molar-refractivity contribution in [3.8, 4) is 5.75 Å². The first-order valence-corrected chi connectivity index (χ1v) is 12.3. The van der Waals surface area contributed by atoms with Crippen molar-refractivity contribution < 1.29 is 23.6 Å². The number of fused-ring (bicyclic) bond motifs is 1. The number of nitrogens with one attached hydrogen (secondary N) is 2. The van der Waals surface area contributed by atoms with Gasteiger partial charge in [-0.3, -0.25) is 9.48 Å². The Morgan fingerprint density at radius 1 is 1.18 bits per heavy atom. The Morgan fingerprint density at radius 3 is 2.68 bits per heavy atom. The first-order chi connectivity index (χ1) is 18.3. The molecule has 2 amide bonds. The third-order valence-electron chi connectivity index (χ3n) is 5.88. The molecule has 4 rings (SSSR count). The third-order valence-corrected chi connectivity index (χ3v) is 5.88. The molecule has 4 N–H and O–H groups in total. The fourth-order valence-corrected chi connectivity index (χ4v) is 4.17. The van der Waals surface area contributed by atoms with Gasteiger partial charge < -0.3 is 34.9 Å². The van der Waals surface area contributed by atoms with E-state index in [1.165, 1.54) is 7.11 Å². The first-order valence-electron chi connectivity index (χ1n) is 12.3. The van der Waals surface area contributed by atoms with Crippen LogP contribution < -0.4 is 21.1 Å². The summed E-state index contributed by atoms with van der Waals surface area (Å²) < 4.78 is 19.6. The standard InChI is InChI=1S/C25H32N8O5/c1-5-33-19(9-15(2)30-33)13-28-24-29-20-11-17(23(26)34)12-21(36-4)22(20)32(24)8-6-7-27-25(35)37-14-18-10-16(3)38-31-18/h9-12H,5-8,13-14H2,1-4H3,(H2,26,34)(H,27,35)(H,28,29). The van der Waals surface area contributed by atoms with Crippen LogP contribution in [0.15, 0.2) is 28.8 Å². The molecule has 0 saturated carbocycles. The summed E-state index contributed by atoms with van der Waals surface area (Å²) in [5.41, 5.74) is 9.58. The summed E-state index contributed by atoms with van der Waals surface area (Å²) >= 11 is 0.